The number of ketones is 1. The highest BCUT2D eigenvalue weighted by Crippen LogP contribution is 2.24. The first-order chi connectivity index (χ1) is 4.74. The Balaban J connectivity index is 2.54. The molecule has 0 bridgehead atoms. The number of carbonyl (C=O) groups excluding carboxylic acids is 1. The van der Waals surface area contributed by atoms with Crippen LogP contribution in [-0.4, -0.2) is 5.78 Å². The van der Waals surface area contributed by atoms with Crippen molar-refractivity contribution in [2.24, 2.45) is 5.92 Å². The Morgan fingerprint density at radius 3 is 2.90 bits per heavy atom. The van der Waals surface area contributed by atoms with Gasteiger partial charge in [0.25, 0.3) is 0 Å². The number of hydrogen-bond donors (Lipinski definition) is 0. The molecule has 1 atom stereocenters. The third kappa shape index (κ3) is 1.24. The van der Waals surface area contributed by atoms with Crippen molar-refractivity contribution in [1.82, 2.24) is 0 Å². The summed E-state index contributed by atoms with van der Waals surface area (Å²) < 4.78 is 0. The van der Waals surface area contributed by atoms with Gasteiger partial charge in [-0.25, -0.2) is 0 Å². The molecule has 52 valence electrons. The normalized spacial score (nSPS) is 23.6. The lowest BCUT2D eigenvalue weighted by Crippen LogP contribution is -2.05. The summed E-state index contributed by atoms with van der Waals surface area (Å²) in [5.41, 5.74) is 0.764. The minimum absolute atomic E-state index is 0.0923. The van der Waals surface area contributed by atoms with Gasteiger partial charge in [0.2, 0.25) is 0 Å². The summed E-state index contributed by atoms with van der Waals surface area (Å²) in [5.74, 6) is 0.288. The third-order valence-electron chi connectivity index (χ3n) is 1.83. The Bertz CT molecular complexity index is 222. The van der Waals surface area contributed by atoms with Gasteiger partial charge in [-0.05, 0) is 19.8 Å². The van der Waals surface area contributed by atoms with Crippen LogP contribution in [0.5, 0.6) is 0 Å². The molecule has 1 aliphatic carbocycles. The SMILES string of the molecule is CC(=O)C1CC=C(C#N)C1. The second-order valence-corrected chi connectivity index (χ2v) is 2.59. The van der Waals surface area contributed by atoms with E-state index in [2.05, 4.69) is 6.07 Å². The average Bonchev–Trinajstić information content (AvgIpc) is 2.34. The van der Waals surface area contributed by atoms with Gasteiger partial charge < -0.3 is 0 Å². The number of hydrogen-bond acceptors (Lipinski definition) is 2. The van der Waals surface area contributed by atoms with Crippen molar-refractivity contribution in [2.75, 3.05) is 0 Å². The molecule has 2 nitrogen and oxygen atoms in total. The summed E-state index contributed by atoms with van der Waals surface area (Å²) in [4.78, 5) is 10.8. The fourth-order valence-electron chi connectivity index (χ4n) is 1.12. The van der Waals surface area contributed by atoms with Gasteiger partial charge in [-0.15, -0.1) is 0 Å². The number of nitrogens with zero attached hydrogens (tertiary/aromatic N) is 1. The van der Waals surface area contributed by atoms with Crippen LogP contribution in [0.25, 0.3) is 0 Å². The fraction of sp³-hybridized carbons (Fsp3) is 0.500. The van der Waals surface area contributed by atoms with Gasteiger partial charge >= 0.3 is 0 Å². The van der Waals surface area contributed by atoms with Gasteiger partial charge in [0, 0.05) is 11.5 Å². The molecule has 1 rings (SSSR count). The van der Waals surface area contributed by atoms with Crippen LogP contribution in [-0.2, 0) is 4.79 Å². The van der Waals surface area contributed by atoms with E-state index in [1.807, 2.05) is 6.08 Å². The minimum Gasteiger partial charge on any atom is -0.300 e. The Kier molecular flexibility index (Phi) is 1.86. The summed E-state index contributed by atoms with van der Waals surface area (Å²) >= 11 is 0. The highest BCUT2D eigenvalue weighted by molar-refractivity contribution is 5.79. The number of rotatable bonds is 1. The molecule has 0 spiro atoms. The summed E-state index contributed by atoms with van der Waals surface area (Å²) in [5, 5.41) is 8.44. The predicted octanol–water partition coefficient (Wildman–Crippen LogP) is 1.44. The van der Waals surface area contributed by atoms with Crippen molar-refractivity contribution in [3.8, 4) is 6.07 Å². The maximum atomic E-state index is 10.8. The summed E-state index contributed by atoms with van der Waals surface area (Å²) in [6.07, 6.45) is 3.27. The number of nitriles is 1. The van der Waals surface area contributed by atoms with E-state index in [1.54, 1.807) is 6.92 Å². The van der Waals surface area contributed by atoms with Crippen molar-refractivity contribution >= 4 is 5.78 Å². The van der Waals surface area contributed by atoms with Gasteiger partial charge in [0.15, 0.2) is 0 Å². The van der Waals surface area contributed by atoms with Crippen LogP contribution in [0.2, 0.25) is 0 Å². The fourth-order valence-corrected chi connectivity index (χ4v) is 1.12. The van der Waals surface area contributed by atoms with Crippen molar-refractivity contribution in [3.63, 3.8) is 0 Å². The molecule has 1 unspecified atom stereocenters. The van der Waals surface area contributed by atoms with Gasteiger partial charge in [-0.1, -0.05) is 6.08 Å². The van der Waals surface area contributed by atoms with Gasteiger partial charge in [0.1, 0.15) is 5.78 Å². The molecule has 0 N–H and O–H groups in total. The average molecular weight is 135 g/mol. The van der Waals surface area contributed by atoms with Crippen LogP contribution in [0.15, 0.2) is 11.6 Å². The molecule has 0 aromatic rings. The molecule has 0 fully saturated rings. The van der Waals surface area contributed by atoms with Gasteiger partial charge in [-0.3, -0.25) is 4.79 Å². The smallest absolute Gasteiger partial charge is 0.133 e. The third-order valence-corrected chi connectivity index (χ3v) is 1.83. The van der Waals surface area contributed by atoms with E-state index < -0.39 is 0 Å². The molecule has 0 aliphatic heterocycles. The van der Waals surface area contributed by atoms with Crippen LogP contribution < -0.4 is 0 Å². The molecule has 0 aromatic carbocycles. The Morgan fingerprint density at radius 2 is 2.60 bits per heavy atom. The zero-order valence-electron chi connectivity index (χ0n) is 5.92. The first-order valence-corrected chi connectivity index (χ1v) is 3.33. The number of carbonyl (C=O) groups is 1. The highest BCUT2D eigenvalue weighted by Gasteiger charge is 2.20. The molecule has 0 amide bonds. The van der Waals surface area contributed by atoms with E-state index >= 15 is 0 Å². The largest absolute Gasteiger partial charge is 0.300 e. The molecule has 10 heavy (non-hydrogen) atoms. The van der Waals surface area contributed by atoms with E-state index in [-0.39, 0.29) is 11.7 Å². The monoisotopic (exact) mass is 135 g/mol. The summed E-state index contributed by atoms with van der Waals surface area (Å²) in [7, 11) is 0. The Morgan fingerprint density at radius 1 is 1.90 bits per heavy atom. The predicted molar refractivity (Wildman–Crippen MR) is 37.1 cm³/mol. The standard InChI is InChI=1S/C8H9NO/c1-6(10)8-3-2-7(4-8)5-9/h2,8H,3-4H2,1H3. The van der Waals surface area contributed by atoms with Crippen LogP contribution >= 0.6 is 0 Å². The molecule has 0 saturated heterocycles. The van der Waals surface area contributed by atoms with E-state index in [0.717, 1.165) is 12.0 Å². The van der Waals surface area contributed by atoms with Gasteiger partial charge in [0.05, 0.1) is 6.07 Å². The van der Waals surface area contributed by atoms with E-state index in [4.69, 9.17) is 5.26 Å². The van der Waals surface area contributed by atoms with Crippen LogP contribution in [0, 0.1) is 17.2 Å². The summed E-state index contributed by atoms with van der Waals surface area (Å²) in [6, 6.07) is 2.06. The quantitative estimate of drug-likeness (QED) is 0.545. The summed E-state index contributed by atoms with van der Waals surface area (Å²) in [6.45, 7) is 1.58. The zero-order valence-corrected chi connectivity index (χ0v) is 5.92. The van der Waals surface area contributed by atoms with Crippen molar-refractivity contribution < 1.29 is 4.79 Å². The van der Waals surface area contributed by atoms with E-state index in [0.29, 0.717) is 6.42 Å². The molecule has 2 heteroatoms. The molecule has 0 aromatic heterocycles. The maximum Gasteiger partial charge on any atom is 0.133 e. The molecular formula is C8H9NO. The lowest BCUT2D eigenvalue weighted by molar-refractivity contribution is -0.120. The van der Waals surface area contributed by atoms with Crippen LogP contribution in [0.1, 0.15) is 19.8 Å². The Hall–Kier alpha value is -1.10. The Labute approximate surface area is 60.2 Å². The lowest BCUT2D eigenvalue weighted by Gasteiger charge is -2.00. The molecule has 0 saturated carbocycles. The second kappa shape index (κ2) is 2.66. The van der Waals surface area contributed by atoms with Crippen molar-refractivity contribution in [2.45, 2.75) is 19.8 Å². The molecule has 0 radical (unpaired) electrons. The van der Waals surface area contributed by atoms with Crippen molar-refractivity contribution in [1.29, 1.82) is 5.26 Å². The highest BCUT2D eigenvalue weighted by atomic mass is 16.1. The van der Waals surface area contributed by atoms with Crippen LogP contribution in [0.3, 0.4) is 0 Å². The van der Waals surface area contributed by atoms with E-state index in [9.17, 15) is 4.79 Å². The maximum absolute atomic E-state index is 10.8. The first kappa shape index (κ1) is 7.01. The minimum atomic E-state index is 0.0923. The molecule has 1 aliphatic rings. The molecular weight excluding hydrogens is 126 g/mol. The number of Topliss-reactive ketones (excluding diaryl/α,β-unsaturated/α-hetero) is 1. The lowest BCUT2D eigenvalue weighted by atomic mass is 10.0. The zero-order chi connectivity index (χ0) is 7.56. The van der Waals surface area contributed by atoms with Gasteiger partial charge in [-0.2, -0.15) is 5.26 Å². The van der Waals surface area contributed by atoms with E-state index in [1.165, 1.54) is 0 Å². The number of allylic oxidation sites excluding steroid dienone is 2. The molecule has 0 heterocycles. The first-order valence-electron chi connectivity index (χ1n) is 3.33. The second-order valence-electron chi connectivity index (χ2n) is 2.59. The van der Waals surface area contributed by atoms with Crippen molar-refractivity contribution in [3.05, 3.63) is 11.6 Å². The topological polar surface area (TPSA) is 40.9 Å². The van der Waals surface area contributed by atoms with Crippen LogP contribution in [0.4, 0.5) is 0 Å².